The standard InChI is InChI=1S/C17H38N.C8H9NO2.BrH/c1-5-7-8-9-10-11-12-13-14-15-17-18(3,4)16-6-2;1-5-3-2-4-6(7(5)10)8(9)11;/h5-17H2,1-4H3;2-4,10H,1H3,(H2,9,11);1H/q+1;;/p-1. The minimum atomic E-state index is -0.605. The number of phenols is 1. The van der Waals surface area contributed by atoms with Crippen LogP contribution in [0.5, 0.6) is 5.75 Å². The lowest BCUT2D eigenvalue weighted by Gasteiger charge is -2.29. The van der Waals surface area contributed by atoms with Crippen LogP contribution >= 0.6 is 0 Å². The maximum atomic E-state index is 10.6. The summed E-state index contributed by atoms with van der Waals surface area (Å²) in [7, 11) is 4.74. The monoisotopic (exact) mass is 486 g/mol. The Labute approximate surface area is 196 Å². The molecule has 1 amide bonds. The predicted molar refractivity (Wildman–Crippen MR) is 125 cm³/mol. The molecule has 0 aromatic heterocycles. The van der Waals surface area contributed by atoms with Gasteiger partial charge in [-0.05, 0) is 37.8 Å². The van der Waals surface area contributed by atoms with Crippen molar-refractivity contribution in [3.63, 3.8) is 0 Å². The molecular weight excluding hydrogens is 440 g/mol. The molecule has 0 unspecified atom stereocenters. The summed E-state index contributed by atoms with van der Waals surface area (Å²) in [6, 6.07) is 4.88. The van der Waals surface area contributed by atoms with Crippen LogP contribution < -0.4 is 22.7 Å². The van der Waals surface area contributed by atoms with Crippen LogP contribution in [0.1, 0.15) is 100 Å². The molecule has 0 aliphatic heterocycles. The van der Waals surface area contributed by atoms with Crippen molar-refractivity contribution in [1.29, 1.82) is 0 Å². The normalized spacial score (nSPS) is 10.7. The molecule has 4 nitrogen and oxygen atoms in total. The van der Waals surface area contributed by atoms with Crippen LogP contribution in [0.2, 0.25) is 0 Å². The zero-order valence-electron chi connectivity index (χ0n) is 20.2. The Morgan fingerprint density at radius 2 is 1.37 bits per heavy atom. The third kappa shape index (κ3) is 15.7. The van der Waals surface area contributed by atoms with E-state index in [0.29, 0.717) is 5.56 Å². The van der Waals surface area contributed by atoms with Crippen LogP contribution in [0.3, 0.4) is 0 Å². The van der Waals surface area contributed by atoms with Gasteiger partial charge in [-0.1, -0.05) is 77.3 Å². The number of hydrogen-bond donors (Lipinski definition) is 2. The number of rotatable bonds is 14. The lowest BCUT2D eigenvalue weighted by atomic mass is 10.1. The summed E-state index contributed by atoms with van der Waals surface area (Å²) in [5.74, 6) is -0.633. The number of halogens is 1. The van der Waals surface area contributed by atoms with Crippen LogP contribution in [-0.4, -0.2) is 42.7 Å². The van der Waals surface area contributed by atoms with E-state index in [1.54, 1.807) is 19.1 Å². The highest BCUT2D eigenvalue weighted by Crippen LogP contribution is 2.20. The van der Waals surface area contributed by atoms with Gasteiger partial charge in [-0.25, -0.2) is 0 Å². The summed E-state index contributed by atoms with van der Waals surface area (Å²) in [4.78, 5) is 10.6. The number of benzene rings is 1. The molecule has 0 aliphatic carbocycles. The number of para-hydroxylation sites is 1. The van der Waals surface area contributed by atoms with Crippen molar-refractivity contribution in [1.82, 2.24) is 0 Å². The van der Waals surface area contributed by atoms with Gasteiger partial charge in [0, 0.05) is 0 Å². The largest absolute Gasteiger partial charge is 1.00 e. The number of quaternary nitrogens is 1. The summed E-state index contributed by atoms with van der Waals surface area (Å²) >= 11 is 0. The first-order valence-electron chi connectivity index (χ1n) is 11.7. The number of nitrogens with zero attached hydrogens (tertiary/aromatic N) is 1. The number of aryl methyl sites for hydroxylation is 1. The molecule has 0 radical (unpaired) electrons. The average Bonchev–Trinajstić information content (AvgIpc) is 2.65. The molecule has 3 N–H and O–H groups in total. The lowest BCUT2D eigenvalue weighted by molar-refractivity contribution is -0.890. The second-order valence-electron chi connectivity index (χ2n) is 8.90. The number of amides is 1. The zero-order chi connectivity index (χ0) is 22.1. The van der Waals surface area contributed by atoms with E-state index in [0.717, 1.165) is 0 Å². The van der Waals surface area contributed by atoms with Gasteiger partial charge in [0.25, 0.3) is 5.91 Å². The number of carbonyl (C=O) groups is 1. The Kier molecular flexibility index (Phi) is 19.4. The van der Waals surface area contributed by atoms with E-state index >= 15 is 0 Å². The highest BCUT2D eigenvalue weighted by atomic mass is 79.9. The fraction of sp³-hybridized carbons (Fsp3) is 0.720. The molecule has 0 saturated heterocycles. The molecule has 0 fully saturated rings. The van der Waals surface area contributed by atoms with Gasteiger partial charge < -0.3 is 32.3 Å². The summed E-state index contributed by atoms with van der Waals surface area (Å²) in [6.45, 7) is 8.99. The smallest absolute Gasteiger partial charge is 0.252 e. The number of carbonyl (C=O) groups excluding carboxylic acids is 1. The van der Waals surface area contributed by atoms with E-state index in [4.69, 9.17) is 5.73 Å². The summed E-state index contributed by atoms with van der Waals surface area (Å²) in [6.07, 6.45) is 15.8. The first-order valence-corrected chi connectivity index (χ1v) is 11.7. The van der Waals surface area contributed by atoms with Crippen LogP contribution in [0, 0.1) is 6.92 Å². The Hall–Kier alpha value is -1.07. The van der Waals surface area contributed by atoms with Crippen LogP contribution in [0.25, 0.3) is 0 Å². The third-order valence-electron chi connectivity index (χ3n) is 5.45. The van der Waals surface area contributed by atoms with Crippen LogP contribution in [0.15, 0.2) is 18.2 Å². The van der Waals surface area contributed by atoms with Crippen molar-refractivity contribution >= 4 is 5.91 Å². The van der Waals surface area contributed by atoms with Gasteiger partial charge >= 0.3 is 0 Å². The van der Waals surface area contributed by atoms with Gasteiger partial charge in [-0.2, -0.15) is 0 Å². The van der Waals surface area contributed by atoms with Crippen LogP contribution in [0.4, 0.5) is 0 Å². The first kappa shape index (κ1) is 31.1. The molecule has 0 spiro atoms. The molecule has 1 aromatic carbocycles. The summed E-state index contributed by atoms with van der Waals surface area (Å²) < 4.78 is 1.22. The number of primary amides is 1. The molecule has 0 atom stereocenters. The Morgan fingerprint density at radius 1 is 0.867 bits per heavy atom. The first-order chi connectivity index (χ1) is 13.7. The molecule has 0 saturated carbocycles. The number of unbranched alkanes of at least 4 members (excludes halogenated alkanes) is 9. The van der Waals surface area contributed by atoms with E-state index in [2.05, 4.69) is 27.9 Å². The van der Waals surface area contributed by atoms with E-state index in [9.17, 15) is 9.90 Å². The van der Waals surface area contributed by atoms with Gasteiger partial charge in [0.15, 0.2) is 0 Å². The lowest BCUT2D eigenvalue weighted by Crippen LogP contribution is -3.00. The second kappa shape index (κ2) is 18.7. The second-order valence-corrected chi connectivity index (χ2v) is 8.90. The average molecular weight is 488 g/mol. The molecule has 0 bridgehead atoms. The van der Waals surface area contributed by atoms with Crippen molar-refractivity contribution in [3.8, 4) is 5.75 Å². The Bertz CT molecular complexity index is 562. The fourth-order valence-corrected chi connectivity index (χ4v) is 3.60. The molecule has 5 heteroatoms. The van der Waals surface area contributed by atoms with E-state index in [1.165, 1.54) is 94.3 Å². The molecule has 176 valence electrons. The topological polar surface area (TPSA) is 63.3 Å². The van der Waals surface area contributed by atoms with E-state index in [-0.39, 0.29) is 28.3 Å². The molecular formula is C25H47BrN2O2. The third-order valence-corrected chi connectivity index (χ3v) is 5.45. The van der Waals surface area contributed by atoms with Gasteiger partial charge in [0.05, 0.1) is 32.7 Å². The number of aromatic hydroxyl groups is 1. The minimum Gasteiger partial charge on any atom is -1.00 e. The maximum Gasteiger partial charge on any atom is 0.252 e. The molecule has 0 heterocycles. The molecule has 1 rings (SSSR count). The summed E-state index contributed by atoms with van der Waals surface area (Å²) in [5.41, 5.74) is 5.81. The SMILES string of the molecule is CCCCCCCCCCCC[N+](C)(C)CCC.Cc1cccc(C(N)=O)c1O.[Br-]. The summed E-state index contributed by atoms with van der Waals surface area (Å²) in [5, 5.41) is 9.27. The molecule has 0 aliphatic rings. The zero-order valence-corrected chi connectivity index (χ0v) is 21.8. The van der Waals surface area contributed by atoms with Gasteiger partial charge in [0.2, 0.25) is 0 Å². The van der Waals surface area contributed by atoms with E-state index < -0.39 is 5.91 Å². The van der Waals surface area contributed by atoms with Gasteiger partial charge in [-0.3, -0.25) is 4.79 Å². The Balaban J connectivity index is 0. The van der Waals surface area contributed by atoms with Crippen molar-refractivity contribution < 1.29 is 31.4 Å². The van der Waals surface area contributed by atoms with Crippen molar-refractivity contribution in [2.24, 2.45) is 5.73 Å². The highest BCUT2D eigenvalue weighted by Gasteiger charge is 2.12. The molecule has 30 heavy (non-hydrogen) atoms. The molecule has 1 aromatic rings. The van der Waals surface area contributed by atoms with Gasteiger partial charge in [0.1, 0.15) is 5.75 Å². The maximum absolute atomic E-state index is 10.6. The fourth-order valence-electron chi connectivity index (χ4n) is 3.60. The van der Waals surface area contributed by atoms with Gasteiger partial charge in [-0.15, -0.1) is 0 Å². The number of nitrogens with two attached hydrogens (primary N) is 1. The quantitative estimate of drug-likeness (QED) is 0.313. The minimum absolute atomic E-state index is 0. The van der Waals surface area contributed by atoms with E-state index in [1.807, 2.05) is 0 Å². The van der Waals surface area contributed by atoms with Crippen molar-refractivity contribution in [2.45, 2.75) is 91.4 Å². The van der Waals surface area contributed by atoms with Crippen LogP contribution in [-0.2, 0) is 0 Å². The van der Waals surface area contributed by atoms with Crippen molar-refractivity contribution in [3.05, 3.63) is 29.3 Å². The van der Waals surface area contributed by atoms with Crippen molar-refractivity contribution in [2.75, 3.05) is 27.2 Å². The number of hydrogen-bond acceptors (Lipinski definition) is 2. The predicted octanol–water partition coefficient (Wildman–Crippen LogP) is 3.20. The highest BCUT2D eigenvalue weighted by molar-refractivity contribution is 5.95. The Morgan fingerprint density at radius 3 is 1.80 bits per heavy atom.